The SMILES string of the molecule is CNCc1cc(S(=O)(=O)NCc2ccccn2)c(Br)s1. The molecule has 0 aliphatic carbocycles. The molecule has 0 spiro atoms. The lowest BCUT2D eigenvalue weighted by molar-refractivity contribution is 0.580. The van der Waals surface area contributed by atoms with Gasteiger partial charge in [-0.05, 0) is 41.2 Å². The van der Waals surface area contributed by atoms with Crippen LogP contribution in [-0.4, -0.2) is 20.4 Å². The second kappa shape index (κ2) is 6.77. The van der Waals surface area contributed by atoms with Crippen LogP contribution in [0.15, 0.2) is 39.1 Å². The smallest absolute Gasteiger partial charge is 0.242 e. The number of hydrogen-bond acceptors (Lipinski definition) is 5. The highest BCUT2D eigenvalue weighted by atomic mass is 79.9. The molecule has 0 fully saturated rings. The van der Waals surface area contributed by atoms with E-state index in [1.807, 2.05) is 13.1 Å². The second-order valence-electron chi connectivity index (χ2n) is 4.03. The first-order valence-electron chi connectivity index (χ1n) is 5.85. The third-order valence-electron chi connectivity index (χ3n) is 2.52. The van der Waals surface area contributed by atoms with Gasteiger partial charge in [0, 0.05) is 17.6 Å². The van der Waals surface area contributed by atoms with Crippen molar-refractivity contribution in [3.05, 3.63) is 44.8 Å². The van der Waals surface area contributed by atoms with Crippen molar-refractivity contribution in [1.82, 2.24) is 15.0 Å². The number of thiophene rings is 1. The van der Waals surface area contributed by atoms with E-state index in [0.29, 0.717) is 16.0 Å². The molecule has 20 heavy (non-hydrogen) atoms. The summed E-state index contributed by atoms with van der Waals surface area (Å²) < 4.78 is 27.7. The van der Waals surface area contributed by atoms with Crippen LogP contribution in [0.4, 0.5) is 0 Å². The Balaban J connectivity index is 2.14. The minimum atomic E-state index is -3.54. The lowest BCUT2D eigenvalue weighted by Crippen LogP contribution is -2.23. The summed E-state index contributed by atoms with van der Waals surface area (Å²) >= 11 is 4.71. The van der Waals surface area contributed by atoms with E-state index in [1.54, 1.807) is 24.4 Å². The van der Waals surface area contributed by atoms with E-state index in [0.717, 1.165) is 4.88 Å². The highest BCUT2D eigenvalue weighted by Gasteiger charge is 2.20. The monoisotopic (exact) mass is 375 g/mol. The molecule has 0 radical (unpaired) electrons. The van der Waals surface area contributed by atoms with Crippen LogP contribution < -0.4 is 10.0 Å². The zero-order valence-electron chi connectivity index (χ0n) is 10.8. The molecule has 0 bridgehead atoms. The fourth-order valence-corrected chi connectivity index (χ4v) is 5.28. The summed E-state index contributed by atoms with van der Waals surface area (Å²) in [5, 5.41) is 3.00. The number of sulfonamides is 1. The number of nitrogens with one attached hydrogen (secondary N) is 2. The second-order valence-corrected chi connectivity index (χ2v) is 8.22. The van der Waals surface area contributed by atoms with Crippen LogP contribution in [0.1, 0.15) is 10.6 Å². The van der Waals surface area contributed by atoms with Gasteiger partial charge in [0.05, 0.1) is 16.0 Å². The van der Waals surface area contributed by atoms with Crippen LogP contribution in [0.25, 0.3) is 0 Å². The molecule has 0 aliphatic rings. The Morgan fingerprint density at radius 3 is 2.80 bits per heavy atom. The van der Waals surface area contributed by atoms with Gasteiger partial charge < -0.3 is 5.32 Å². The largest absolute Gasteiger partial charge is 0.315 e. The molecule has 0 unspecified atom stereocenters. The Morgan fingerprint density at radius 2 is 2.15 bits per heavy atom. The molecule has 0 aliphatic heterocycles. The molecule has 0 saturated carbocycles. The molecular formula is C12H14BrN3O2S2. The van der Waals surface area contributed by atoms with Gasteiger partial charge in [-0.3, -0.25) is 4.98 Å². The molecule has 2 heterocycles. The van der Waals surface area contributed by atoms with Crippen molar-refractivity contribution in [3.63, 3.8) is 0 Å². The van der Waals surface area contributed by atoms with Crippen LogP contribution in [-0.2, 0) is 23.1 Å². The number of aromatic nitrogens is 1. The molecule has 5 nitrogen and oxygen atoms in total. The van der Waals surface area contributed by atoms with Gasteiger partial charge in [0.25, 0.3) is 0 Å². The van der Waals surface area contributed by atoms with E-state index >= 15 is 0 Å². The normalized spacial score (nSPS) is 11.7. The quantitative estimate of drug-likeness (QED) is 0.810. The third kappa shape index (κ3) is 3.86. The fourth-order valence-electron chi connectivity index (χ4n) is 1.59. The molecule has 2 aromatic heterocycles. The molecule has 0 saturated heterocycles. The van der Waals surface area contributed by atoms with E-state index in [-0.39, 0.29) is 11.4 Å². The Morgan fingerprint density at radius 1 is 1.35 bits per heavy atom. The van der Waals surface area contributed by atoms with Crippen molar-refractivity contribution in [2.45, 2.75) is 18.0 Å². The number of rotatable bonds is 6. The highest BCUT2D eigenvalue weighted by Crippen LogP contribution is 2.31. The first-order valence-corrected chi connectivity index (χ1v) is 8.94. The maximum atomic E-state index is 12.3. The first-order chi connectivity index (χ1) is 9.53. The number of halogens is 1. The van der Waals surface area contributed by atoms with Crippen molar-refractivity contribution in [2.24, 2.45) is 0 Å². The summed E-state index contributed by atoms with van der Waals surface area (Å²) in [7, 11) is -1.72. The van der Waals surface area contributed by atoms with Gasteiger partial charge in [-0.15, -0.1) is 11.3 Å². The van der Waals surface area contributed by atoms with Crippen LogP contribution in [0.5, 0.6) is 0 Å². The first kappa shape index (κ1) is 15.6. The summed E-state index contributed by atoms with van der Waals surface area (Å²) in [4.78, 5) is 5.31. The zero-order valence-corrected chi connectivity index (χ0v) is 14.0. The maximum absolute atomic E-state index is 12.3. The summed E-state index contributed by atoms with van der Waals surface area (Å²) in [6, 6.07) is 7.06. The average Bonchev–Trinajstić information content (AvgIpc) is 2.80. The number of hydrogen-bond donors (Lipinski definition) is 2. The summed E-state index contributed by atoms with van der Waals surface area (Å²) in [5.41, 5.74) is 0.679. The Kier molecular flexibility index (Phi) is 5.28. The molecule has 0 atom stereocenters. The van der Waals surface area contributed by atoms with Gasteiger partial charge in [-0.1, -0.05) is 6.07 Å². The Hall–Kier alpha value is -0.800. The van der Waals surface area contributed by atoms with Gasteiger partial charge in [0.2, 0.25) is 10.0 Å². The highest BCUT2D eigenvalue weighted by molar-refractivity contribution is 9.11. The predicted molar refractivity (Wildman–Crippen MR) is 83.0 cm³/mol. The van der Waals surface area contributed by atoms with E-state index in [1.165, 1.54) is 11.3 Å². The van der Waals surface area contributed by atoms with Gasteiger partial charge in [0.15, 0.2) is 0 Å². The average molecular weight is 376 g/mol. The number of nitrogens with zero attached hydrogens (tertiary/aromatic N) is 1. The van der Waals surface area contributed by atoms with E-state index in [2.05, 4.69) is 31.0 Å². The summed E-state index contributed by atoms with van der Waals surface area (Å²) in [6.07, 6.45) is 1.63. The minimum absolute atomic E-state index is 0.173. The molecule has 2 N–H and O–H groups in total. The molecule has 0 aromatic carbocycles. The zero-order chi connectivity index (χ0) is 14.6. The predicted octanol–water partition coefficient (Wildman–Crippen LogP) is 2.10. The minimum Gasteiger partial charge on any atom is -0.315 e. The van der Waals surface area contributed by atoms with Crippen LogP contribution in [0.2, 0.25) is 0 Å². The summed E-state index contributed by atoms with van der Waals surface area (Å²) in [6.45, 7) is 0.811. The van der Waals surface area contributed by atoms with Gasteiger partial charge >= 0.3 is 0 Å². The molecular weight excluding hydrogens is 362 g/mol. The van der Waals surface area contributed by atoms with Crippen molar-refractivity contribution < 1.29 is 8.42 Å². The molecule has 8 heteroatoms. The van der Waals surface area contributed by atoms with Gasteiger partial charge in [-0.25, -0.2) is 13.1 Å². The lowest BCUT2D eigenvalue weighted by atomic mass is 10.4. The van der Waals surface area contributed by atoms with E-state index in [4.69, 9.17) is 0 Å². The van der Waals surface area contributed by atoms with Crippen molar-refractivity contribution in [3.8, 4) is 0 Å². The van der Waals surface area contributed by atoms with E-state index in [9.17, 15) is 8.42 Å². The Bertz CT molecular complexity index is 671. The summed E-state index contributed by atoms with van der Waals surface area (Å²) in [5.74, 6) is 0. The maximum Gasteiger partial charge on any atom is 0.242 e. The molecule has 2 aromatic rings. The molecule has 2 rings (SSSR count). The standard InChI is InChI=1S/C12H14BrN3O2S2/c1-14-8-10-6-11(12(13)19-10)20(17,18)16-7-9-4-2-3-5-15-9/h2-6,14,16H,7-8H2,1H3. The van der Waals surface area contributed by atoms with Gasteiger partial charge in [-0.2, -0.15) is 0 Å². The van der Waals surface area contributed by atoms with E-state index < -0.39 is 10.0 Å². The van der Waals surface area contributed by atoms with Crippen molar-refractivity contribution in [1.29, 1.82) is 0 Å². The lowest BCUT2D eigenvalue weighted by Gasteiger charge is -2.05. The third-order valence-corrected chi connectivity index (χ3v) is 6.17. The topological polar surface area (TPSA) is 71.1 Å². The fraction of sp³-hybridized carbons (Fsp3) is 0.250. The van der Waals surface area contributed by atoms with Gasteiger partial charge in [0.1, 0.15) is 4.90 Å². The van der Waals surface area contributed by atoms with Crippen molar-refractivity contribution in [2.75, 3.05) is 7.05 Å². The molecule has 108 valence electrons. The van der Waals surface area contributed by atoms with Crippen LogP contribution in [0.3, 0.4) is 0 Å². The van der Waals surface area contributed by atoms with Crippen molar-refractivity contribution >= 4 is 37.3 Å². The van der Waals surface area contributed by atoms with Crippen LogP contribution >= 0.6 is 27.3 Å². The molecule has 0 amide bonds. The number of pyridine rings is 1. The Labute approximate surface area is 130 Å². The van der Waals surface area contributed by atoms with Crippen LogP contribution in [0, 0.1) is 0 Å².